The Morgan fingerprint density at radius 2 is 1.64 bits per heavy atom. The number of likely N-dealkylation sites (tertiary alicyclic amines) is 1. The van der Waals surface area contributed by atoms with E-state index in [1.165, 1.54) is 24.2 Å². The van der Waals surface area contributed by atoms with E-state index in [0.29, 0.717) is 24.3 Å². The minimum atomic E-state index is -0.681. The molecule has 1 aromatic carbocycles. The second-order valence-corrected chi connectivity index (χ2v) is 12.4. The topological polar surface area (TPSA) is 73.0 Å². The van der Waals surface area contributed by atoms with E-state index in [4.69, 9.17) is 11.6 Å². The van der Waals surface area contributed by atoms with Crippen LogP contribution in [-0.4, -0.2) is 72.8 Å². The summed E-state index contributed by atoms with van der Waals surface area (Å²) in [4.78, 5) is 45.2. The molecule has 2 saturated heterocycles. The Morgan fingerprint density at radius 1 is 0.972 bits per heavy atom. The van der Waals surface area contributed by atoms with Gasteiger partial charge in [-0.2, -0.15) is 0 Å². The average molecular weight is 513 g/mol. The van der Waals surface area contributed by atoms with Crippen LogP contribution < -0.4 is 10.2 Å². The number of rotatable bonds is 7. The summed E-state index contributed by atoms with van der Waals surface area (Å²) in [5.41, 5.74) is 0.857. The maximum absolute atomic E-state index is 13.4. The second-order valence-electron chi connectivity index (χ2n) is 12.0. The number of hydrogen-bond donors (Lipinski definition) is 1. The smallest absolute Gasteiger partial charge is 0.252 e. The van der Waals surface area contributed by atoms with Gasteiger partial charge in [-0.15, -0.1) is 0 Å². The van der Waals surface area contributed by atoms with Crippen molar-refractivity contribution in [1.82, 2.24) is 15.1 Å². The van der Waals surface area contributed by atoms with Crippen LogP contribution in [0.4, 0.5) is 5.69 Å². The van der Waals surface area contributed by atoms with E-state index < -0.39 is 6.04 Å². The third-order valence-electron chi connectivity index (χ3n) is 9.47. The lowest BCUT2D eigenvalue weighted by Crippen LogP contribution is -2.56. The number of imide groups is 1. The van der Waals surface area contributed by atoms with Gasteiger partial charge in [0.15, 0.2) is 0 Å². The summed E-state index contributed by atoms with van der Waals surface area (Å²) in [5, 5.41) is 3.79. The first-order chi connectivity index (χ1) is 17.4. The first-order valence-corrected chi connectivity index (χ1v) is 14.1. The van der Waals surface area contributed by atoms with Gasteiger partial charge in [0, 0.05) is 48.8 Å². The molecule has 0 unspecified atom stereocenters. The molecule has 0 spiro atoms. The van der Waals surface area contributed by atoms with Crippen LogP contribution in [-0.2, 0) is 14.4 Å². The Kier molecular flexibility index (Phi) is 6.49. The second kappa shape index (κ2) is 9.64. The van der Waals surface area contributed by atoms with Gasteiger partial charge in [-0.3, -0.25) is 24.2 Å². The minimum absolute atomic E-state index is 0.0344. The SMILES string of the molecule is O=C1C[C@H](NC(=O)C23CC4CC(CC(C4)C2)C3)C(=O)N1CCCN1CCN(c2cccc(Cl)c2)CC1. The Hall–Kier alpha value is -2.12. The fourth-order valence-electron chi connectivity index (χ4n) is 8.09. The van der Waals surface area contributed by atoms with Crippen molar-refractivity contribution in [2.45, 2.75) is 57.4 Å². The molecular formula is C28H37ClN4O3. The van der Waals surface area contributed by atoms with Gasteiger partial charge in [-0.05, 0) is 87.4 Å². The molecule has 1 N–H and O–H groups in total. The molecular weight excluding hydrogens is 476 g/mol. The van der Waals surface area contributed by atoms with Crippen LogP contribution in [0.15, 0.2) is 24.3 Å². The largest absolute Gasteiger partial charge is 0.369 e. The lowest BCUT2D eigenvalue weighted by molar-refractivity contribution is -0.149. The number of piperazine rings is 1. The maximum atomic E-state index is 13.4. The van der Waals surface area contributed by atoms with Crippen LogP contribution in [0.3, 0.4) is 0 Å². The van der Waals surface area contributed by atoms with Gasteiger partial charge in [0.1, 0.15) is 6.04 Å². The molecule has 2 aliphatic heterocycles. The van der Waals surface area contributed by atoms with E-state index in [9.17, 15) is 14.4 Å². The number of carbonyl (C=O) groups is 3. The van der Waals surface area contributed by atoms with Crippen LogP contribution in [0.1, 0.15) is 51.4 Å². The molecule has 7 rings (SSSR count). The molecule has 194 valence electrons. The number of carbonyl (C=O) groups excluding carboxylic acids is 3. The molecule has 1 atom stereocenters. The predicted octanol–water partition coefficient (Wildman–Crippen LogP) is 3.31. The molecule has 6 aliphatic rings. The molecule has 3 amide bonds. The van der Waals surface area contributed by atoms with Crippen LogP contribution in [0, 0.1) is 23.2 Å². The zero-order valence-corrected chi connectivity index (χ0v) is 21.7. The van der Waals surface area contributed by atoms with Crippen molar-refractivity contribution in [3.63, 3.8) is 0 Å². The number of nitrogens with one attached hydrogen (secondary N) is 1. The van der Waals surface area contributed by atoms with E-state index >= 15 is 0 Å². The van der Waals surface area contributed by atoms with Gasteiger partial charge in [-0.25, -0.2) is 0 Å². The van der Waals surface area contributed by atoms with Crippen LogP contribution in [0.2, 0.25) is 5.02 Å². The zero-order chi connectivity index (χ0) is 24.9. The summed E-state index contributed by atoms with van der Waals surface area (Å²) in [6.45, 7) is 5.03. The lowest BCUT2D eigenvalue weighted by atomic mass is 9.49. The van der Waals surface area contributed by atoms with E-state index in [1.807, 2.05) is 18.2 Å². The first kappa shape index (κ1) is 24.2. The number of hydrogen-bond acceptors (Lipinski definition) is 5. The quantitative estimate of drug-likeness (QED) is 0.567. The highest BCUT2D eigenvalue weighted by atomic mass is 35.5. The third kappa shape index (κ3) is 4.65. The third-order valence-corrected chi connectivity index (χ3v) is 9.71. The summed E-state index contributed by atoms with van der Waals surface area (Å²) in [6.07, 6.45) is 7.58. The lowest BCUT2D eigenvalue weighted by Gasteiger charge is -2.55. The van der Waals surface area contributed by atoms with Gasteiger partial charge in [0.05, 0.1) is 6.42 Å². The first-order valence-electron chi connectivity index (χ1n) is 13.8. The molecule has 4 saturated carbocycles. The van der Waals surface area contributed by atoms with Crippen molar-refractivity contribution in [1.29, 1.82) is 0 Å². The van der Waals surface area contributed by atoms with Gasteiger partial charge in [0.25, 0.3) is 5.91 Å². The standard InChI is InChI=1S/C28H37ClN4O3/c29-22-3-1-4-23(14-22)32-9-7-31(8-10-32)5-2-6-33-25(34)15-24(26(33)35)30-27(36)28-16-19-11-20(17-28)13-21(12-19)18-28/h1,3-4,14,19-21,24H,2,5-13,15-18H2,(H,30,36)/t19?,20?,21?,24-,28?/m0/s1. The molecule has 7 nitrogen and oxygen atoms in total. The Bertz CT molecular complexity index is 1000. The fourth-order valence-corrected chi connectivity index (χ4v) is 8.27. The summed E-state index contributed by atoms with van der Waals surface area (Å²) in [6, 6.07) is 7.28. The highest BCUT2D eigenvalue weighted by Gasteiger charge is 2.55. The van der Waals surface area contributed by atoms with Crippen LogP contribution in [0.25, 0.3) is 0 Å². The van der Waals surface area contributed by atoms with Crippen molar-refractivity contribution in [3.8, 4) is 0 Å². The molecule has 0 radical (unpaired) electrons. The van der Waals surface area contributed by atoms with Crippen molar-refractivity contribution in [2.24, 2.45) is 23.2 Å². The molecule has 2 heterocycles. The van der Waals surface area contributed by atoms with Crippen molar-refractivity contribution in [3.05, 3.63) is 29.3 Å². The number of anilines is 1. The van der Waals surface area contributed by atoms with Crippen LogP contribution >= 0.6 is 11.6 Å². The molecule has 6 fully saturated rings. The molecule has 36 heavy (non-hydrogen) atoms. The van der Waals surface area contributed by atoms with Crippen molar-refractivity contribution >= 4 is 35.0 Å². The monoisotopic (exact) mass is 512 g/mol. The summed E-state index contributed by atoms with van der Waals surface area (Å²) in [5.74, 6) is 1.68. The maximum Gasteiger partial charge on any atom is 0.252 e. The summed E-state index contributed by atoms with van der Waals surface area (Å²) in [7, 11) is 0. The van der Waals surface area contributed by atoms with Gasteiger partial charge in [0.2, 0.25) is 11.8 Å². The molecule has 8 heteroatoms. The zero-order valence-electron chi connectivity index (χ0n) is 21.0. The molecule has 4 aliphatic carbocycles. The van der Waals surface area contributed by atoms with Crippen molar-refractivity contribution in [2.75, 3.05) is 44.2 Å². The van der Waals surface area contributed by atoms with Gasteiger partial charge in [-0.1, -0.05) is 17.7 Å². The molecule has 0 aromatic heterocycles. The Morgan fingerprint density at radius 3 is 2.28 bits per heavy atom. The number of amides is 3. The number of benzene rings is 1. The predicted molar refractivity (Wildman–Crippen MR) is 139 cm³/mol. The Balaban J connectivity index is 0.968. The fraction of sp³-hybridized carbons (Fsp3) is 0.679. The molecule has 4 bridgehead atoms. The van der Waals surface area contributed by atoms with Crippen LogP contribution in [0.5, 0.6) is 0 Å². The van der Waals surface area contributed by atoms with Gasteiger partial charge >= 0.3 is 0 Å². The normalized spacial score (nSPS) is 34.0. The minimum Gasteiger partial charge on any atom is -0.369 e. The average Bonchev–Trinajstić information content (AvgIpc) is 3.11. The highest BCUT2D eigenvalue weighted by Crippen LogP contribution is 2.60. The van der Waals surface area contributed by atoms with Gasteiger partial charge < -0.3 is 10.2 Å². The van der Waals surface area contributed by atoms with E-state index in [0.717, 1.165) is 69.1 Å². The highest BCUT2D eigenvalue weighted by molar-refractivity contribution is 6.30. The van der Waals surface area contributed by atoms with E-state index in [2.05, 4.69) is 21.2 Å². The summed E-state index contributed by atoms with van der Waals surface area (Å²) >= 11 is 6.13. The Labute approximate surface area is 218 Å². The summed E-state index contributed by atoms with van der Waals surface area (Å²) < 4.78 is 0. The van der Waals surface area contributed by atoms with Crippen molar-refractivity contribution < 1.29 is 14.4 Å². The number of nitrogens with zero attached hydrogens (tertiary/aromatic N) is 3. The number of halogens is 1. The van der Waals surface area contributed by atoms with E-state index in [1.54, 1.807) is 0 Å². The molecule has 1 aromatic rings. The van der Waals surface area contributed by atoms with E-state index in [-0.39, 0.29) is 29.6 Å².